The molecule has 0 amide bonds. The Kier molecular flexibility index (Phi) is 3.89. The molecule has 3 fully saturated rings. The molecular weight excluding hydrogens is 226 g/mol. The lowest BCUT2D eigenvalue weighted by Gasteiger charge is -2.42. The molecule has 3 aliphatic heterocycles. The van der Waals surface area contributed by atoms with Crippen LogP contribution in [0, 0.1) is 0 Å². The van der Waals surface area contributed by atoms with Crippen LogP contribution in [0.25, 0.3) is 0 Å². The first-order valence-corrected chi connectivity index (χ1v) is 7.55. The van der Waals surface area contributed by atoms with Gasteiger partial charge in [0.2, 0.25) is 0 Å². The van der Waals surface area contributed by atoms with Crippen LogP contribution in [0.5, 0.6) is 0 Å². The Morgan fingerprint density at radius 3 is 3.06 bits per heavy atom. The molecule has 0 aromatic heterocycles. The van der Waals surface area contributed by atoms with Crippen LogP contribution in [-0.4, -0.2) is 73.4 Å². The van der Waals surface area contributed by atoms with Gasteiger partial charge in [0.15, 0.2) is 0 Å². The second-order valence-corrected chi connectivity index (χ2v) is 6.36. The predicted molar refractivity (Wildman–Crippen MR) is 72.8 cm³/mol. The summed E-state index contributed by atoms with van der Waals surface area (Å²) in [6.07, 6.45) is 3.13. The number of hydrogen-bond donors (Lipinski definition) is 1. The molecule has 3 rings (SSSR count). The number of piperazine rings is 1. The van der Waals surface area contributed by atoms with Crippen LogP contribution in [0.2, 0.25) is 0 Å². The number of hydrogen-bond acceptors (Lipinski definition) is 4. The van der Waals surface area contributed by atoms with E-state index in [4.69, 9.17) is 4.74 Å². The molecule has 0 spiro atoms. The predicted octanol–water partition coefficient (Wildman–Crippen LogP) is 0.532. The zero-order valence-corrected chi connectivity index (χ0v) is 11.8. The van der Waals surface area contributed by atoms with Crippen molar-refractivity contribution in [1.82, 2.24) is 15.1 Å². The molecule has 18 heavy (non-hydrogen) atoms. The van der Waals surface area contributed by atoms with E-state index in [9.17, 15) is 0 Å². The summed E-state index contributed by atoms with van der Waals surface area (Å²) in [6.45, 7) is 11.4. The van der Waals surface area contributed by atoms with E-state index in [-0.39, 0.29) is 0 Å². The van der Waals surface area contributed by atoms with E-state index in [2.05, 4.69) is 29.0 Å². The van der Waals surface area contributed by atoms with Crippen molar-refractivity contribution in [2.75, 3.05) is 39.3 Å². The van der Waals surface area contributed by atoms with Crippen molar-refractivity contribution in [3.63, 3.8) is 0 Å². The van der Waals surface area contributed by atoms with Gasteiger partial charge in [-0.05, 0) is 33.2 Å². The number of fused-ring (bicyclic) bond motifs is 1. The van der Waals surface area contributed by atoms with Crippen molar-refractivity contribution in [1.29, 1.82) is 0 Å². The molecule has 0 radical (unpaired) electrons. The second-order valence-electron chi connectivity index (χ2n) is 6.36. The van der Waals surface area contributed by atoms with E-state index < -0.39 is 0 Å². The molecule has 0 saturated carbocycles. The van der Waals surface area contributed by atoms with Gasteiger partial charge in [-0.2, -0.15) is 0 Å². The molecule has 0 aliphatic carbocycles. The van der Waals surface area contributed by atoms with Crippen LogP contribution < -0.4 is 5.32 Å². The molecule has 4 nitrogen and oxygen atoms in total. The van der Waals surface area contributed by atoms with Gasteiger partial charge in [-0.25, -0.2) is 0 Å². The first kappa shape index (κ1) is 12.9. The standard InChI is InChI=1S/C14H27N3O/c1-11-7-17(12(2)6-15-11)9-14-8-16-5-3-4-13(16)10-18-14/h11-15H,3-10H2,1-2H3. The Balaban J connectivity index is 1.52. The fourth-order valence-electron chi connectivity index (χ4n) is 3.61. The van der Waals surface area contributed by atoms with E-state index in [0.717, 1.165) is 38.8 Å². The summed E-state index contributed by atoms with van der Waals surface area (Å²) in [7, 11) is 0. The molecule has 3 aliphatic rings. The fraction of sp³-hybridized carbons (Fsp3) is 1.00. The van der Waals surface area contributed by atoms with Gasteiger partial charge in [0.1, 0.15) is 0 Å². The van der Waals surface area contributed by atoms with Crippen LogP contribution in [0.4, 0.5) is 0 Å². The number of nitrogens with zero attached hydrogens (tertiary/aromatic N) is 2. The second kappa shape index (κ2) is 5.45. The van der Waals surface area contributed by atoms with E-state index in [1.807, 2.05) is 0 Å². The van der Waals surface area contributed by atoms with Crippen molar-refractivity contribution < 1.29 is 4.74 Å². The highest BCUT2D eigenvalue weighted by Crippen LogP contribution is 2.23. The molecule has 0 aromatic rings. The molecule has 4 heteroatoms. The first-order chi connectivity index (χ1) is 8.72. The number of rotatable bonds is 2. The van der Waals surface area contributed by atoms with Crippen LogP contribution in [0.3, 0.4) is 0 Å². The highest BCUT2D eigenvalue weighted by molar-refractivity contribution is 4.89. The molecule has 0 bridgehead atoms. The monoisotopic (exact) mass is 253 g/mol. The summed E-state index contributed by atoms with van der Waals surface area (Å²) in [6, 6.07) is 1.98. The Hall–Kier alpha value is -0.160. The smallest absolute Gasteiger partial charge is 0.0829 e. The molecule has 3 heterocycles. The van der Waals surface area contributed by atoms with Crippen LogP contribution in [0.15, 0.2) is 0 Å². The van der Waals surface area contributed by atoms with Gasteiger partial charge in [-0.15, -0.1) is 0 Å². The Morgan fingerprint density at radius 1 is 1.28 bits per heavy atom. The van der Waals surface area contributed by atoms with Crippen LogP contribution in [0.1, 0.15) is 26.7 Å². The summed E-state index contributed by atoms with van der Waals surface area (Å²) in [4.78, 5) is 5.24. The molecular formula is C14H27N3O. The Bertz CT molecular complexity index is 286. The van der Waals surface area contributed by atoms with Gasteiger partial charge in [0, 0.05) is 44.3 Å². The number of morpholine rings is 1. The van der Waals surface area contributed by atoms with Crippen molar-refractivity contribution in [3.8, 4) is 0 Å². The molecule has 0 aromatic carbocycles. The summed E-state index contributed by atoms with van der Waals surface area (Å²) in [5, 5.41) is 3.54. The van der Waals surface area contributed by atoms with Gasteiger partial charge < -0.3 is 10.1 Å². The molecule has 3 saturated heterocycles. The van der Waals surface area contributed by atoms with E-state index in [1.54, 1.807) is 0 Å². The maximum atomic E-state index is 6.07. The van der Waals surface area contributed by atoms with E-state index in [1.165, 1.54) is 19.4 Å². The average molecular weight is 253 g/mol. The lowest BCUT2D eigenvalue weighted by molar-refractivity contribution is -0.0678. The van der Waals surface area contributed by atoms with Gasteiger partial charge in [-0.3, -0.25) is 9.80 Å². The minimum Gasteiger partial charge on any atom is -0.374 e. The highest BCUT2D eigenvalue weighted by atomic mass is 16.5. The highest BCUT2D eigenvalue weighted by Gasteiger charge is 2.34. The van der Waals surface area contributed by atoms with Crippen molar-refractivity contribution in [3.05, 3.63) is 0 Å². The van der Waals surface area contributed by atoms with Crippen molar-refractivity contribution >= 4 is 0 Å². The maximum absolute atomic E-state index is 6.07. The lowest BCUT2D eigenvalue weighted by Crippen LogP contribution is -2.58. The van der Waals surface area contributed by atoms with Gasteiger partial charge >= 0.3 is 0 Å². The average Bonchev–Trinajstić information content (AvgIpc) is 2.81. The fourth-order valence-corrected chi connectivity index (χ4v) is 3.61. The van der Waals surface area contributed by atoms with Gasteiger partial charge in [0.25, 0.3) is 0 Å². The normalized spacial score (nSPS) is 43.0. The molecule has 4 unspecified atom stereocenters. The summed E-state index contributed by atoms with van der Waals surface area (Å²) in [5.74, 6) is 0. The summed E-state index contributed by atoms with van der Waals surface area (Å²) >= 11 is 0. The van der Waals surface area contributed by atoms with E-state index in [0.29, 0.717) is 18.2 Å². The summed E-state index contributed by atoms with van der Waals surface area (Å²) in [5.41, 5.74) is 0. The summed E-state index contributed by atoms with van der Waals surface area (Å²) < 4.78 is 6.07. The third-order valence-corrected chi connectivity index (χ3v) is 4.79. The Morgan fingerprint density at radius 2 is 2.17 bits per heavy atom. The third kappa shape index (κ3) is 2.72. The maximum Gasteiger partial charge on any atom is 0.0829 e. The molecule has 1 N–H and O–H groups in total. The third-order valence-electron chi connectivity index (χ3n) is 4.79. The van der Waals surface area contributed by atoms with Crippen molar-refractivity contribution in [2.45, 2.75) is 50.9 Å². The largest absolute Gasteiger partial charge is 0.374 e. The quantitative estimate of drug-likeness (QED) is 0.777. The molecule has 104 valence electrons. The van der Waals surface area contributed by atoms with Crippen LogP contribution >= 0.6 is 0 Å². The van der Waals surface area contributed by atoms with Crippen molar-refractivity contribution in [2.24, 2.45) is 0 Å². The SMILES string of the molecule is CC1CN(CC2CN3CCCC3CO2)C(C)CN1. The van der Waals surface area contributed by atoms with E-state index >= 15 is 0 Å². The minimum atomic E-state index is 0.423. The first-order valence-electron chi connectivity index (χ1n) is 7.55. The lowest BCUT2D eigenvalue weighted by atomic mass is 10.1. The van der Waals surface area contributed by atoms with Gasteiger partial charge in [-0.1, -0.05) is 0 Å². The number of nitrogens with one attached hydrogen (secondary N) is 1. The van der Waals surface area contributed by atoms with Crippen LogP contribution in [-0.2, 0) is 4.74 Å². The zero-order chi connectivity index (χ0) is 12.5. The zero-order valence-electron chi connectivity index (χ0n) is 11.8. The van der Waals surface area contributed by atoms with Gasteiger partial charge in [0.05, 0.1) is 12.7 Å². The minimum absolute atomic E-state index is 0.423. The Labute approximate surface area is 111 Å². The number of ether oxygens (including phenoxy) is 1. The molecule has 4 atom stereocenters. The topological polar surface area (TPSA) is 27.7 Å².